The van der Waals surface area contributed by atoms with Crippen LogP contribution in [0.3, 0.4) is 0 Å². The number of nitriles is 1. The van der Waals surface area contributed by atoms with Gasteiger partial charge in [-0.15, -0.1) is 0 Å². The van der Waals surface area contributed by atoms with Gasteiger partial charge in [-0.05, 0) is 37.1 Å². The third kappa shape index (κ3) is 5.22. The molecular formula is C22H26N2S2. The lowest BCUT2D eigenvalue weighted by atomic mass is 9.95. The highest BCUT2D eigenvalue weighted by atomic mass is 33.1. The standard InChI is InChI=1S/C22H26N2S2/c23-17-16-22(15-9-1-2-10-18-25-26-22)19-24(20-11-5-3-6-12-20)21-13-7-4-8-14-21/h3-8,11-14H,1-2,9-10,15-16,18-19H2. The molecule has 0 spiro atoms. The maximum Gasteiger partial charge on any atom is 0.0637 e. The zero-order valence-corrected chi connectivity index (χ0v) is 16.8. The largest absolute Gasteiger partial charge is 0.340 e. The van der Waals surface area contributed by atoms with E-state index in [1.165, 1.54) is 42.8 Å². The van der Waals surface area contributed by atoms with Crippen molar-refractivity contribution in [1.29, 1.82) is 5.26 Å². The van der Waals surface area contributed by atoms with Crippen molar-refractivity contribution in [3.05, 3.63) is 60.7 Å². The van der Waals surface area contributed by atoms with Crippen molar-refractivity contribution in [2.75, 3.05) is 17.2 Å². The third-order valence-electron chi connectivity index (χ3n) is 4.83. The molecule has 2 aromatic carbocycles. The average Bonchev–Trinajstić information content (AvgIpc) is 2.80. The molecular weight excluding hydrogens is 356 g/mol. The average molecular weight is 383 g/mol. The van der Waals surface area contributed by atoms with E-state index < -0.39 is 0 Å². The van der Waals surface area contributed by atoms with Gasteiger partial charge in [-0.25, -0.2) is 0 Å². The first-order chi connectivity index (χ1) is 12.8. The molecule has 0 N–H and O–H groups in total. The van der Waals surface area contributed by atoms with Crippen molar-refractivity contribution in [3.8, 4) is 6.07 Å². The number of para-hydroxylation sites is 2. The summed E-state index contributed by atoms with van der Waals surface area (Å²) in [6.45, 7) is 0.867. The molecule has 1 aliphatic rings. The quantitative estimate of drug-likeness (QED) is 0.530. The van der Waals surface area contributed by atoms with Gasteiger partial charge >= 0.3 is 0 Å². The first-order valence-corrected chi connectivity index (χ1v) is 11.7. The van der Waals surface area contributed by atoms with Crippen LogP contribution in [0.15, 0.2) is 60.7 Å². The van der Waals surface area contributed by atoms with E-state index in [1.54, 1.807) is 0 Å². The van der Waals surface area contributed by atoms with Crippen molar-refractivity contribution >= 4 is 33.0 Å². The van der Waals surface area contributed by atoms with Gasteiger partial charge in [-0.3, -0.25) is 0 Å². The van der Waals surface area contributed by atoms with E-state index in [0.717, 1.165) is 13.0 Å². The van der Waals surface area contributed by atoms with Crippen LogP contribution in [0.25, 0.3) is 0 Å². The molecule has 1 unspecified atom stereocenters. The molecule has 26 heavy (non-hydrogen) atoms. The molecule has 1 fully saturated rings. The molecule has 0 aliphatic carbocycles. The minimum absolute atomic E-state index is 0.0323. The van der Waals surface area contributed by atoms with E-state index in [1.807, 2.05) is 21.6 Å². The third-order valence-corrected chi connectivity index (χ3v) is 8.15. The van der Waals surface area contributed by atoms with E-state index in [0.29, 0.717) is 6.42 Å². The summed E-state index contributed by atoms with van der Waals surface area (Å²) in [7, 11) is 3.91. The number of benzene rings is 2. The van der Waals surface area contributed by atoms with Crippen LogP contribution in [0, 0.1) is 11.3 Å². The zero-order chi connectivity index (χ0) is 18.1. The Hall–Kier alpha value is -1.57. The Balaban J connectivity index is 1.92. The Kier molecular flexibility index (Phi) is 7.34. The summed E-state index contributed by atoms with van der Waals surface area (Å²) in [5.41, 5.74) is 2.39. The van der Waals surface area contributed by atoms with E-state index >= 15 is 0 Å². The van der Waals surface area contributed by atoms with Gasteiger partial charge in [-0.1, -0.05) is 77.2 Å². The van der Waals surface area contributed by atoms with E-state index in [9.17, 15) is 5.26 Å². The van der Waals surface area contributed by atoms with Crippen LogP contribution >= 0.6 is 21.6 Å². The molecule has 3 rings (SSSR count). The zero-order valence-electron chi connectivity index (χ0n) is 15.1. The molecule has 1 saturated heterocycles. The number of rotatable bonds is 5. The van der Waals surface area contributed by atoms with Crippen molar-refractivity contribution in [1.82, 2.24) is 0 Å². The maximum atomic E-state index is 9.58. The predicted octanol–water partition coefficient (Wildman–Crippen LogP) is 6.82. The van der Waals surface area contributed by atoms with Gasteiger partial charge in [0.05, 0.1) is 17.2 Å². The highest BCUT2D eigenvalue weighted by Gasteiger charge is 2.34. The van der Waals surface area contributed by atoms with Crippen LogP contribution in [0.5, 0.6) is 0 Å². The second-order valence-electron chi connectivity index (χ2n) is 6.84. The molecule has 0 bridgehead atoms. The van der Waals surface area contributed by atoms with Crippen LogP contribution < -0.4 is 4.90 Å². The Bertz CT molecular complexity index is 648. The lowest BCUT2D eigenvalue weighted by Gasteiger charge is -2.37. The van der Waals surface area contributed by atoms with Gasteiger partial charge < -0.3 is 4.90 Å². The summed E-state index contributed by atoms with van der Waals surface area (Å²) in [5, 5.41) is 9.58. The van der Waals surface area contributed by atoms with Crippen molar-refractivity contribution in [3.63, 3.8) is 0 Å². The topological polar surface area (TPSA) is 27.0 Å². The summed E-state index contributed by atoms with van der Waals surface area (Å²) in [6.07, 6.45) is 6.81. The summed E-state index contributed by atoms with van der Waals surface area (Å²) in [6, 6.07) is 23.6. The molecule has 0 amide bonds. The summed E-state index contributed by atoms with van der Waals surface area (Å²) in [4.78, 5) is 2.39. The number of nitrogens with zero attached hydrogens (tertiary/aromatic N) is 2. The lowest BCUT2D eigenvalue weighted by molar-refractivity contribution is 0.512. The van der Waals surface area contributed by atoms with Gasteiger partial charge in [0.15, 0.2) is 0 Å². The van der Waals surface area contributed by atoms with Crippen molar-refractivity contribution in [2.45, 2.75) is 43.3 Å². The molecule has 1 atom stereocenters. The summed E-state index contributed by atoms with van der Waals surface area (Å²) in [5.74, 6) is 1.19. The Labute approximate surface area is 165 Å². The fourth-order valence-electron chi connectivity index (χ4n) is 3.43. The molecule has 1 heterocycles. The molecule has 136 valence electrons. The predicted molar refractivity (Wildman–Crippen MR) is 116 cm³/mol. The Morgan fingerprint density at radius 3 is 2.12 bits per heavy atom. The number of anilines is 2. The van der Waals surface area contributed by atoms with Crippen LogP contribution in [-0.4, -0.2) is 17.0 Å². The van der Waals surface area contributed by atoms with Crippen molar-refractivity contribution < 1.29 is 0 Å². The van der Waals surface area contributed by atoms with Gasteiger partial charge in [0, 0.05) is 23.7 Å². The molecule has 2 nitrogen and oxygen atoms in total. The molecule has 0 saturated carbocycles. The first-order valence-electron chi connectivity index (χ1n) is 9.38. The minimum atomic E-state index is -0.0323. The second kappa shape index (κ2) is 9.94. The number of hydrogen-bond donors (Lipinski definition) is 0. The highest BCUT2D eigenvalue weighted by Crippen LogP contribution is 2.46. The second-order valence-corrected chi connectivity index (χ2v) is 9.73. The Morgan fingerprint density at radius 2 is 1.50 bits per heavy atom. The fourth-order valence-corrected chi connectivity index (χ4v) is 6.56. The summed E-state index contributed by atoms with van der Waals surface area (Å²) >= 11 is 0. The van der Waals surface area contributed by atoms with Gasteiger partial charge in [-0.2, -0.15) is 5.26 Å². The van der Waals surface area contributed by atoms with E-state index in [-0.39, 0.29) is 4.75 Å². The molecule has 0 radical (unpaired) electrons. The number of hydrogen-bond acceptors (Lipinski definition) is 4. The van der Waals surface area contributed by atoms with Gasteiger partial charge in [0.2, 0.25) is 0 Å². The van der Waals surface area contributed by atoms with E-state index in [4.69, 9.17) is 0 Å². The van der Waals surface area contributed by atoms with Crippen LogP contribution in [0.4, 0.5) is 11.4 Å². The minimum Gasteiger partial charge on any atom is -0.340 e. The highest BCUT2D eigenvalue weighted by molar-refractivity contribution is 8.77. The lowest BCUT2D eigenvalue weighted by Crippen LogP contribution is -2.38. The molecule has 4 heteroatoms. The van der Waals surface area contributed by atoms with Gasteiger partial charge in [0.1, 0.15) is 0 Å². The smallest absolute Gasteiger partial charge is 0.0637 e. The Morgan fingerprint density at radius 1 is 0.885 bits per heavy atom. The normalized spacial score (nSPS) is 21.0. The molecule has 2 aromatic rings. The van der Waals surface area contributed by atoms with Crippen LogP contribution in [0.1, 0.15) is 38.5 Å². The van der Waals surface area contributed by atoms with Crippen molar-refractivity contribution in [2.24, 2.45) is 0 Å². The SMILES string of the molecule is N#CCC1(CN(c2ccccc2)c2ccccc2)CCCCCCSS1. The first kappa shape index (κ1) is 19.2. The van der Waals surface area contributed by atoms with Crippen LogP contribution in [0.2, 0.25) is 0 Å². The van der Waals surface area contributed by atoms with Gasteiger partial charge in [0.25, 0.3) is 0 Å². The fraction of sp³-hybridized carbons (Fsp3) is 0.409. The maximum absolute atomic E-state index is 9.58. The summed E-state index contributed by atoms with van der Waals surface area (Å²) < 4.78 is -0.0323. The van der Waals surface area contributed by atoms with E-state index in [2.05, 4.69) is 71.6 Å². The molecule has 1 aliphatic heterocycles. The van der Waals surface area contributed by atoms with Crippen LogP contribution in [-0.2, 0) is 0 Å². The molecule has 0 aromatic heterocycles. The monoisotopic (exact) mass is 382 g/mol.